The van der Waals surface area contributed by atoms with E-state index in [0.717, 1.165) is 5.56 Å². The molecule has 1 N–H and O–H groups in total. The van der Waals surface area contributed by atoms with Crippen molar-refractivity contribution in [3.8, 4) is 5.75 Å². The van der Waals surface area contributed by atoms with Gasteiger partial charge in [0.15, 0.2) is 0 Å². The highest BCUT2D eigenvalue weighted by Gasteiger charge is 2.33. The van der Waals surface area contributed by atoms with Gasteiger partial charge in [-0.15, -0.1) is 0 Å². The average molecular weight is 377 g/mol. The van der Waals surface area contributed by atoms with Gasteiger partial charge in [0, 0.05) is 30.7 Å². The fraction of sp³-hybridized carbons (Fsp3) is 0.316. The predicted molar refractivity (Wildman–Crippen MR) is 96.3 cm³/mol. The lowest BCUT2D eigenvalue weighted by atomic mass is 10.1. The largest absolute Gasteiger partial charge is 0.489 e. The second kappa shape index (κ2) is 7.13. The van der Waals surface area contributed by atoms with Gasteiger partial charge in [-0.1, -0.05) is 23.7 Å². The Hall–Kier alpha value is -2.31. The maximum absolute atomic E-state index is 14.3. The number of likely N-dealkylation sites (tertiary alicyclic amines) is 1. The Morgan fingerprint density at radius 1 is 1.35 bits per heavy atom. The van der Waals surface area contributed by atoms with Gasteiger partial charge in [-0.25, -0.2) is 4.39 Å². The molecule has 1 fully saturated rings. The second-order valence-corrected chi connectivity index (χ2v) is 6.81. The third-order valence-corrected chi connectivity index (χ3v) is 4.72. The fourth-order valence-corrected chi connectivity index (χ4v) is 3.26. The van der Waals surface area contributed by atoms with Crippen LogP contribution in [0.25, 0.3) is 0 Å². The van der Waals surface area contributed by atoms with E-state index in [2.05, 4.69) is 5.32 Å². The highest BCUT2D eigenvalue weighted by atomic mass is 35.5. The van der Waals surface area contributed by atoms with E-state index in [1.807, 2.05) is 24.3 Å². The van der Waals surface area contributed by atoms with Crippen molar-refractivity contribution < 1.29 is 18.7 Å². The van der Waals surface area contributed by atoms with E-state index in [0.29, 0.717) is 49.3 Å². The van der Waals surface area contributed by atoms with Gasteiger partial charge in [0.2, 0.25) is 0 Å². The fourth-order valence-electron chi connectivity index (χ4n) is 3.04. The lowest BCUT2D eigenvalue weighted by molar-refractivity contribution is -0.0504. The maximum Gasteiger partial charge on any atom is 0.257 e. The van der Waals surface area contributed by atoms with Gasteiger partial charge < -0.3 is 19.7 Å². The molecule has 0 saturated carbocycles. The van der Waals surface area contributed by atoms with Crippen LogP contribution in [-0.2, 0) is 11.3 Å². The van der Waals surface area contributed by atoms with Crippen LogP contribution in [0.4, 0.5) is 10.1 Å². The van der Waals surface area contributed by atoms with Crippen LogP contribution in [0.2, 0.25) is 5.02 Å². The molecule has 0 aliphatic carbocycles. The summed E-state index contributed by atoms with van der Waals surface area (Å²) < 4.78 is 25.4. The summed E-state index contributed by atoms with van der Waals surface area (Å²) in [7, 11) is 0. The molecule has 7 heteroatoms. The van der Waals surface area contributed by atoms with Gasteiger partial charge in [-0.2, -0.15) is 0 Å². The molecule has 0 spiro atoms. The second-order valence-electron chi connectivity index (χ2n) is 6.38. The van der Waals surface area contributed by atoms with Crippen molar-refractivity contribution in [3.63, 3.8) is 0 Å². The van der Waals surface area contributed by atoms with E-state index in [1.165, 1.54) is 12.1 Å². The molecule has 4 rings (SSSR count). The van der Waals surface area contributed by atoms with Crippen LogP contribution in [0.1, 0.15) is 15.9 Å². The number of anilines is 1. The Bertz CT molecular complexity index is 840. The third-order valence-electron chi connectivity index (χ3n) is 4.48. The molecule has 0 unspecified atom stereocenters. The normalized spacial score (nSPS) is 16.3. The molecule has 0 atom stereocenters. The van der Waals surface area contributed by atoms with Gasteiger partial charge in [-0.3, -0.25) is 4.79 Å². The molecule has 2 aromatic carbocycles. The van der Waals surface area contributed by atoms with E-state index < -0.39 is 5.82 Å². The van der Waals surface area contributed by atoms with E-state index in [1.54, 1.807) is 4.90 Å². The summed E-state index contributed by atoms with van der Waals surface area (Å²) in [5.74, 6) is -0.460. The number of nitrogens with zero attached hydrogens (tertiary/aromatic N) is 1. The minimum Gasteiger partial charge on any atom is -0.489 e. The highest BCUT2D eigenvalue weighted by Crippen LogP contribution is 2.31. The van der Waals surface area contributed by atoms with E-state index in [-0.39, 0.29) is 17.6 Å². The summed E-state index contributed by atoms with van der Waals surface area (Å²) in [6, 6.07) is 10.2. The topological polar surface area (TPSA) is 50.8 Å². The van der Waals surface area contributed by atoms with Crippen LogP contribution in [0.5, 0.6) is 5.75 Å². The first kappa shape index (κ1) is 17.1. The van der Waals surface area contributed by atoms with Crippen LogP contribution in [0, 0.1) is 5.82 Å². The van der Waals surface area contributed by atoms with Gasteiger partial charge >= 0.3 is 0 Å². The number of carbonyl (C=O) groups excluding carboxylic acids is 1. The number of carbonyl (C=O) groups is 1. The number of hydrogen-bond donors (Lipinski definition) is 1. The Labute approximate surface area is 155 Å². The van der Waals surface area contributed by atoms with E-state index >= 15 is 0 Å². The molecule has 0 radical (unpaired) electrons. The molecule has 2 aliphatic rings. The number of amides is 1. The highest BCUT2D eigenvalue weighted by molar-refractivity contribution is 6.30. The zero-order chi connectivity index (χ0) is 18.1. The standard InChI is InChI=1S/C19H18ClFN2O3/c20-13-3-1-2-12(6-13)11-26-14-9-23(10-14)19(24)15-7-17-18(8-16(15)21)25-5-4-22-17/h1-3,6-8,14,22H,4-5,9-11H2. The molecule has 2 aromatic rings. The number of ether oxygens (including phenoxy) is 2. The Morgan fingerprint density at radius 2 is 2.19 bits per heavy atom. The molecular formula is C19H18ClFN2O3. The summed E-state index contributed by atoms with van der Waals surface area (Å²) in [5, 5.41) is 3.78. The number of benzene rings is 2. The van der Waals surface area contributed by atoms with Crippen molar-refractivity contribution in [2.75, 3.05) is 31.6 Å². The smallest absolute Gasteiger partial charge is 0.257 e. The average Bonchev–Trinajstić information content (AvgIpc) is 2.59. The van der Waals surface area contributed by atoms with Gasteiger partial charge in [0.25, 0.3) is 5.91 Å². The van der Waals surface area contributed by atoms with Crippen molar-refractivity contribution >= 4 is 23.2 Å². The van der Waals surface area contributed by atoms with Gasteiger partial charge in [0.05, 0.1) is 24.0 Å². The lowest BCUT2D eigenvalue weighted by Crippen LogP contribution is -2.54. The molecule has 2 heterocycles. The molecule has 2 aliphatic heterocycles. The molecular weight excluding hydrogens is 359 g/mol. The molecule has 26 heavy (non-hydrogen) atoms. The SMILES string of the molecule is O=C(c1cc2c(cc1F)OCCN2)N1CC(OCc2cccc(Cl)c2)C1. The summed E-state index contributed by atoms with van der Waals surface area (Å²) in [6.07, 6.45) is -0.0555. The number of fused-ring (bicyclic) bond motifs is 1. The summed E-state index contributed by atoms with van der Waals surface area (Å²) in [5.41, 5.74) is 1.68. The van der Waals surface area contributed by atoms with Crippen molar-refractivity contribution in [2.24, 2.45) is 0 Å². The van der Waals surface area contributed by atoms with Crippen LogP contribution in [0.15, 0.2) is 36.4 Å². The Morgan fingerprint density at radius 3 is 3.00 bits per heavy atom. The molecule has 1 saturated heterocycles. The van der Waals surface area contributed by atoms with Crippen molar-refractivity contribution in [1.29, 1.82) is 0 Å². The number of halogens is 2. The minimum absolute atomic E-state index is 0.0510. The predicted octanol–water partition coefficient (Wildman–Crippen LogP) is 3.32. The van der Waals surface area contributed by atoms with Gasteiger partial charge in [0.1, 0.15) is 18.2 Å². The van der Waals surface area contributed by atoms with Crippen molar-refractivity contribution in [1.82, 2.24) is 4.90 Å². The zero-order valence-electron chi connectivity index (χ0n) is 14.0. The molecule has 1 amide bonds. The van der Waals surface area contributed by atoms with Crippen LogP contribution < -0.4 is 10.1 Å². The van der Waals surface area contributed by atoms with E-state index in [9.17, 15) is 9.18 Å². The number of hydrogen-bond acceptors (Lipinski definition) is 4. The molecule has 0 bridgehead atoms. The first-order valence-electron chi connectivity index (χ1n) is 8.45. The molecule has 136 valence electrons. The van der Waals surface area contributed by atoms with Crippen molar-refractivity contribution in [3.05, 3.63) is 58.4 Å². The lowest BCUT2D eigenvalue weighted by Gasteiger charge is -2.39. The van der Waals surface area contributed by atoms with E-state index in [4.69, 9.17) is 21.1 Å². The minimum atomic E-state index is -0.569. The monoisotopic (exact) mass is 376 g/mol. The zero-order valence-corrected chi connectivity index (χ0v) is 14.8. The maximum atomic E-state index is 14.3. The summed E-state index contributed by atoms with van der Waals surface area (Å²) in [4.78, 5) is 14.1. The third kappa shape index (κ3) is 3.48. The first-order chi connectivity index (χ1) is 12.6. The molecule has 5 nitrogen and oxygen atoms in total. The molecule has 0 aromatic heterocycles. The first-order valence-corrected chi connectivity index (χ1v) is 8.83. The summed E-state index contributed by atoms with van der Waals surface area (Å²) >= 11 is 5.95. The quantitative estimate of drug-likeness (QED) is 0.889. The van der Waals surface area contributed by atoms with Crippen LogP contribution in [0.3, 0.4) is 0 Å². The number of nitrogens with one attached hydrogen (secondary N) is 1. The van der Waals surface area contributed by atoms with Crippen molar-refractivity contribution in [2.45, 2.75) is 12.7 Å². The Balaban J connectivity index is 1.34. The number of rotatable bonds is 4. The van der Waals surface area contributed by atoms with Gasteiger partial charge in [-0.05, 0) is 23.8 Å². The Kier molecular flexibility index (Phi) is 4.70. The van der Waals surface area contributed by atoms with Crippen LogP contribution in [-0.4, -0.2) is 43.2 Å². The van der Waals surface area contributed by atoms with Crippen LogP contribution >= 0.6 is 11.6 Å². The summed E-state index contributed by atoms with van der Waals surface area (Å²) in [6.45, 7) is 2.44.